The Morgan fingerprint density at radius 2 is 1.61 bits per heavy atom. The van der Waals surface area contributed by atoms with E-state index >= 15 is 0 Å². The second-order valence-corrected chi connectivity index (χ2v) is 9.55. The highest BCUT2D eigenvalue weighted by molar-refractivity contribution is 6.06. The number of rotatable bonds is 4. The van der Waals surface area contributed by atoms with Crippen molar-refractivity contribution in [2.45, 2.75) is 32.2 Å². The first-order chi connectivity index (χ1) is 17.7. The van der Waals surface area contributed by atoms with Gasteiger partial charge in [-0.05, 0) is 73.2 Å². The molecule has 0 unspecified atom stereocenters. The normalized spacial score (nSPS) is 16.4. The first-order valence-corrected chi connectivity index (χ1v) is 12.6. The Morgan fingerprint density at radius 1 is 0.806 bits per heavy atom. The molecule has 2 amide bonds. The maximum Gasteiger partial charge on any atom is 0.256 e. The molecule has 3 heterocycles. The monoisotopic (exact) mass is 483 g/mol. The van der Waals surface area contributed by atoms with E-state index in [4.69, 9.17) is 9.47 Å². The fourth-order valence-electron chi connectivity index (χ4n) is 5.27. The molecule has 3 aliphatic rings. The first-order valence-electron chi connectivity index (χ1n) is 12.6. The number of carbonyl (C=O) groups is 2. The fraction of sp³-hybridized carbons (Fsp3) is 0.310. The van der Waals surface area contributed by atoms with Crippen molar-refractivity contribution in [3.63, 3.8) is 0 Å². The van der Waals surface area contributed by atoms with Crippen LogP contribution in [0.2, 0.25) is 0 Å². The van der Waals surface area contributed by atoms with Gasteiger partial charge in [0.05, 0.1) is 5.56 Å². The summed E-state index contributed by atoms with van der Waals surface area (Å²) in [5, 5.41) is 2.97. The zero-order valence-electron chi connectivity index (χ0n) is 20.2. The van der Waals surface area contributed by atoms with E-state index in [1.165, 1.54) is 11.1 Å². The summed E-state index contributed by atoms with van der Waals surface area (Å²) < 4.78 is 10.8. The number of piperidine rings is 1. The molecule has 3 aromatic carbocycles. The highest BCUT2D eigenvalue weighted by atomic mass is 16.7. The van der Waals surface area contributed by atoms with Crippen molar-refractivity contribution in [3.8, 4) is 11.5 Å². The Kier molecular flexibility index (Phi) is 5.97. The average Bonchev–Trinajstić information content (AvgIpc) is 3.41. The van der Waals surface area contributed by atoms with Gasteiger partial charge in [0.15, 0.2) is 11.5 Å². The summed E-state index contributed by atoms with van der Waals surface area (Å²) in [6.07, 6.45) is 4.15. The van der Waals surface area contributed by atoms with E-state index in [1.54, 1.807) is 18.2 Å². The molecular formula is C29H29N3O4. The van der Waals surface area contributed by atoms with E-state index in [9.17, 15) is 9.59 Å². The van der Waals surface area contributed by atoms with Crippen LogP contribution in [0.4, 0.5) is 11.4 Å². The maximum absolute atomic E-state index is 13.7. The molecule has 0 saturated carbocycles. The zero-order chi connectivity index (χ0) is 24.5. The molecule has 3 aliphatic heterocycles. The van der Waals surface area contributed by atoms with E-state index in [-0.39, 0.29) is 18.6 Å². The van der Waals surface area contributed by atoms with Crippen LogP contribution in [0.1, 0.15) is 51.1 Å². The number of nitrogens with one attached hydrogen (secondary N) is 1. The van der Waals surface area contributed by atoms with Crippen molar-refractivity contribution in [2.75, 3.05) is 36.6 Å². The van der Waals surface area contributed by atoms with E-state index in [2.05, 4.69) is 34.5 Å². The van der Waals surface area contributed by atoms with Gasteiger partial charge in [0, 0.05) is 43.1 Å². The third kappa shape index (κ3) is 4.37. The molecule has 0 bridgehead atoms. The third-order valence-electron chi connectivity index (χ3n) is 7.23. The lowest BCUT2D eigenvalue weighted by Gasteiger charge is -2.34. The highest BCUT2D eigenvalue weighted by Gasteiger charge is 2.26. The number of anilines is 2. The summed E-state index contributed by atoms with van der Waals surface area (Å²) in [5.41, 5.74) is 5.28. The highest BCUT2D eigenvalue weighted by Crippen LogP contribution is 2.34. The number of ether oxygens (including phenoxy) is 2. The Hall–Kier alpha value is -4.00. The van der Waals surface area contributed by atoms with Gasteiger partial charge in [0.2, 0.25) is 6.79 Å². The molecule has 36 heavy (non-hydrogen) atoms. The van der Waals surface area contributed by atoms with Crippen LogP contribution in [0.5, 0.6) is 11.5 Å². The van der Waals surface area contributed by atoms with Crippen molar-refractivity contribution in [1.82, 2.24) is 4.90 Å². The zero-order valence-corrected chi connectivity index (χ0v) is 20.2. The van der Waals surface area contributed by atoms with Crippen LogP contribution in [-0.2, 0) is 13.0 Å². The largest absolute Gasteiger partial charge is 0.454 e. The van der Waals surface area contributed by atoms with Crippen LogP contribution in [-0.4, -0.2) is 43.1 Å². The van der Waals surface area contributed by atoms with E-state index in [0.29, 0.717) is 28.3 Å². The molecule has 0 atom stereocenters. The number of nitrogens with zero attached hydrogens (tertiary/aromatic N) is 2. The smallest absolute Gasteiger partial charge is 0.256 e. The van der Waals surface area contributed by atoms with Gasteiger partial charge in [-0.15, -0.1) is 0 Å². The number of hydrogen-bond acceptors (Lipinski definition) is 5. The van der Waals surface area contributed by atoms with Gasteiger partial charge in [-0.3, -0.25) is 9.59 Å². The summed E-state index contributed by atoms with van der Waals surface area (Å²) in [7, 11) is 0. The molecule has 0 aliphatic carbocycles. The lowest BCUT2D eigenvalue weighted by molar-refractivity contribution is 0.0724. The van der Waals surface area contributed by atoms with Crippen LogP contribution >= 0.6 is 0 Å². The molecule has 3 aromatic rings. The van der Waals surface area contributed by atoms with E-state index < -0.39 is 0 Å². The molecular weight excluding hydrogens is 454 g/mol. The van der Waals surface area contributed by atoms with E-state index in [0.717, 1.165) is 57.5 Å². The lowest BCUT2D eigenvalue weighted by Crippen LogP contribution is -2.38. The molecule has 0 radical (unpaired) electrons. The standard InChI is InChI=1S/C29H29N3O4/c33-28(21-8-11-26-27(16-21)36-19-35-26)30-23-9-10-25(24(17-23)29(34)31-13-4-1-5-14-31)32-15-12-20-6-2-3-7-22(20)18-32/h2-3,6-11,16-17H,1,4-5,12-15,18-19H2,(H,30,33). The average molecular weight is 484 g/mol. The van der Waals surface area contributed by atoms with E-state index in [1.807, 2.05) is 23.1 Å². The topological polar surface area (TPSA) is 71.1 Å². The van der Waals surface area contributed by atoms with Gasteiger partial charge >= 0.3 is 0 Å². The Morgan fingerprint density at radius 3 is 2.47 bits per heavy atom. The molecule has 6 rings (SSSR count). The Balaban J connectivity index is 1.29. The fourth-order valence-corrected chi connectivity index (χ4v) is 5.27. The molecule has 1 N–H and O–H groups in total. The second kappa shape index (κ2) is 9.57. The molecule has 7 nitrogen and oxygen atoms in total. The molecule has 0 spiro atoms. The lowest BCUT2D eigenvalue weighted by atomic mass is 9.98. The van der Waals surface area contributed by atoms with Gasteiger partial charge in [0.25, 0.3) is 11.8 Å². The van der Waals surface area contributed by atoms with Gasteiger partial charge in [-0.1, -0.05) is 24.3 Å². The number of carbonyl (C=O) groups excluding carboxylic acids is 2. The van der Waals surface area contributed by atoms with Gasteiger partial charge in [-0.2, -0.15) is 0 Å². The Labute approximate surface area is 210 Å². The summed E-state index contributed by atoms with van der Waals surface area (Å²) in [4.78, 5) is 30.9. The SMILES string of the molecule is O=C(Nc1ccc(N2CCc3ccccc3C2)c(C(=O)N2CCCCC2)c1)c1ccc2c(c1)OCO2. The van der Waals surface area contributed by atoms with Crippen LogP contribution in [0.3, 0.4) is 0 Å². The molecule has 184 valence electrons. The summed E-state index contributed by atoms with van der Waals surface area (Å²) in [6, 6.07) is 19.3. The molecule has 1 fully saturated rings. The van der Waals surface area contributed by atoms with Crippen molar-refractivity contribution >= 4 is 23.2 Å². The van der Waals surface area contributed by atoms with Crippen LogP contribution in [0.25, 0.3) is 0 Å². The minimum atomic E-state index is -0.260. The Bertz CT molecular complexity index is 1320. The van der Waals surface area contributed by atoms with Crippen molar-refractivity contribution in [1.29, 1.82) is 0 Å². The number of amides is 2. The number of fused-ring (bicyclic) bond motifs is 2. The van der Waals surface area contributed by atoms with Gasteiger partial charge in [-0.25, -0.2) is 0 Å². The summed E-state index contributed by atoms with van der Waals surface area (Å²) in [6.45, 7) is 3.31. The maximum atomic E-state index is 13.7. The van der Waals surface area contributed by atoms with Gasteiger partial charge in [0.1, 0.15) is 0 Å². The van der Waals surface area contributed by atoms with Crippen molar-refractivity contribution in [2.24, 2.45) is 0 Å². The molecule has 0 aromatic heterocycles. The van der Waals surface area contributed by atoms with Crippen molar-refractivity contribution < 1.29 is 19.1 Å². The van der Waals surface area contributed by atoms with Crippen molar-refractivity contribution in [3.05, 3.63) is 82.9 Å². The second-order valence-electron chi connectivity index (χ2n) is 9.55. The molecule has 1 saturated heterocycles. The first kappa shape index (κ1) is 22.5. The third-order valence-corrected chi connectivity index (χ3v) is 7.23. The predicted molar refractivity (Wildman–Crippen MR) is 138 cm³/mol. The predicted octanol–water partition coefficient (Wildman–Crippen LogP) is 4.86. The molecule has 7 heteroatoms. The minimum absolute atomic E-state index is 0.0303. The quantitative estimate of drug-likeness (QED) is 0.574. The number of likely N-dealkylation sites (tertiary alicyclic amines) is 1. The minimum Gasteiger partial charge on any atom is -0.454 e. The van der Waals surface area contributed by atoms with Crippen LogP contribution < -0.4 is 19.7 Å². The summed E-state index contributed by atoms with van der Waals surface area (Å²) >= 11 is 0. The summed E-state index contributed by atoms with van der Waals surface area (Å²) in [5.74, 6) is 0.963. The number of benzene rings is 3. The van der Waals surface area contributed by atoms with Crippen LogP contribution in [0, 0.1) is 0 Å². The van der Waals surface area contributed by atoms with Crippen LogP contribution in [0.15, 0.2) is 60.7 Å². The van der Waals surface area contributed by atoms with Gasteiger partial charge < -0.3 is 24.6 Å². The number of hydrogen-bond donors (Lipinski definition) is 1.